The molecule has 0 nitrogen and oxygen atoms in total. The zero-order valence-electron chi connectivity index (χ0n) is 12.5. The number of hydrogen-bond donors (Lipinski definition) is 0. The van der Waals surface area contributed by atoms with Gasteiger partial charge in [-0.3, -0.25) is 0 Å². The fraction of sp³-hybridized carbons (Fsp3) is 1.00. The van der Waals surface area contributed by atoms with E-state index in [1.54, 1.807) is 0 Å². The molecule has 0 rings (SSSR count). The Kier molecular flexibility index (Phi) is 18.0. The van der Waals surface area contributed by atoms with Crippen LogP contribution in [-0.4, -0.2) is 8.83 Å². The second kappa shape index (κ2) is 17.5. The second-order valence-electron chi connectivity index (χ2n) is 5.48. The molecule has 2 heteroatoms. The van der Waals surface area contributed by atoms with E-state index in [9.17, 15) is 0 Å². The number of unbranched alkanes of at least 4 members (excludes halogenated alkanes) is 13. The van der Waals surface area contributed by atoms with Gasteiger partial charge in [-0.1, -0.05) is 96.8 Å². The summed E-state index contributed by atoms with van der Waals surface area (Å²) < 4.78 is 0. The van der Waals surface area contributed by atoms with Crippen LogP contribution in [0.1, 0.15) is 96.8 Å². The van der Waals surface area contributed by atoms with Crippen LogP contribution in [0.25, 0.3) is 0 Å². The van der Waals surface area contributed by atoms with Crippen LogP contribution in [-0.2, 0) is 0 Å². The Morgan fingerprint density at radius 3 is 1.22 bits per heavy atom. The molecule has 0 fully saturated rings. The van der Waals surface area contributed by atoms with Gasteiger partial charge in [0.25, 0.3) is 0 Å². The molecule has 0 amide bonds. The molecule has 0 N–H and O–H groups in total. The molecular weight excluding hydrogens is 256 g/mol. The number of hydrogen-bond acceptors (Lipinski definition) is 0. The van der Waals surface area contributed by atoms with Gasteiger partial charge in [0.15, 0.2) is 8.83 Å². The third-order valence-electron chi connectivity index (χ3n) is 3.62. The van der Waals surface area contributed by atoms with Crippen molar-refractivity contribution < 1.29 is 0 Å². The highest BCUT2D eigenvalue weighted by Gasteiger charge is 1.94. The van der Waals surface area contributed by atoms with Crippen LogP contribution in [0.5, 0.6) is 0 Å². The smallest absolute Gasteiger partial charge is 0.171 e. The van der Waals surface area contributed by atoms with Crippen molar-refractivity contribution in [2.24, 2.45) is 0 Å². The molecule has 0 aromatic carbocycles. The van der Waals surface area contributed by atoms with Crippen LogP contribution in [0.2, 0.25) is 6.04 Å². The maximum absolute atomic E-state index is 5.68. The SMILES string of the molecule is CCCCCCCCCCCCCCCC[Si]Cl. The number of halogens is 1. The first kappa shape index (κ1) is 18.5. The summed E-state index contributed by atoms with van der Waals surface area (Å²) >= 11 is 5.68. The molecule has 0 spiro atoms. The Bertz CT molecular complexity index is 123. The molecule has 108 valence electrons. The van der Waals surface area contributed by atoms with Crippen molar-refractivity contribution in [3.8, 4) is 0 Å². The van der Waals surface area contributed by atoms with Crippen LogP contribution in [0, 0.1) is 0 Å². The largest absolute Gasteiger partial charge is 0.171 e. The summed E-state index contributed by atoms with van der Waals surface area (Å²) in [6, 6.07) is 1.24. The highest BCUT2D eigenvalue weighted by atomic mass is 35.6. The summed E-state index contributed by atoms with van der Waals surface area (Å²) in [6.07, 6.45) is 20.2. The van der Waals surface area contributed by atoms with Crippen molar-refractivity contribution in [3.63, 3.8) is 0 Å². The molecule has 0 heterocycles. The van der Waals surface area contributed by atoms with Crippen LogP contribution >= 0.6 is 11.1 Å². The van der Waals surface area contributed by atoms with Crippen molar-refractivity contribution in [1.29, 1.82) is 0 Å². The predicted octanol–water partition coefficient (Wildman–Crippen LogP) is 6.74. The Hall–Kier alpha value is 0.507. The third kappa shape index (κ3) is 16.5. The molecule has 0 saturated heterocycles. The topological polar surface area (TPSA) is 0 Å². The highest BCUT2D eigenvalue weighted by molar-refractivity contribution is 6.93. The van der Waals surface area contributed by atoms with E-state index < -0.39 is 0 Å². The normalized spacial score (nSPS) is 11.0. The second-order valence-corrected chi connectivity index (χ2v) is 7.05. The van der Waals surface area contributed by atoms with E-state index in [-0.39, 0.29) is 0 Å². The molecule has 0 aliphatic rings. The Morgan fingerprint density at radius 2 is 0.889 bits per heavy atom. The molecule has 0 unspecified atom stereocenters. The van der Waals surface area contributed by atoms with Crippen molar-refractivity contribution >= 4 is 19.9 Å². The Labute approximate surface area is 123 Å². The quantitative estimate of drug-likeness (QED) is 0.178. The molecule has 0 aromatic rings. The van der Waals surface area contributed by atoms with E-state index >= 15 is 0 Å². The zero-order chi connectivity index (χ0) is 13.3. The monoisotopic (exact) mass is 288 g/mol. The fourth-order valence-corrected chi connectivity index (χ4v) is 3.17. The summed E-state index contributed by atoms with van der Waals surface area (Å²) in [4.78, 5) is 0. The van der Waals surface area contributed by atoms with Gasteiger partial charge in [0, 0.05) is 0 Å². The van der Waals surface area contributed by atoms with Crippen LogP contribution in [0.3, 0.4) is 0 Å². The number of rotatable bonds is 15. The summed E-state index contributed by atoms with van der Waals surface area (Å²) in [5.41, 5.74) is 0. The van der Waals surface area contributed by atoms with Crippen molar-refractivity contribution in [2.45, 2.75) is 103 Å². The lowest BCUT2D eigenvalue weighted by Gasteiger charge is -2.02. The Morgan fingerprint density at radius 1 is 0.556 bits per heavy atom. The molecule has 0 atom stereocenters. The highest BCUT2D eigenvalue weighted by Crippen LogP contribution is 2.13. The lowest BCUT2D eigenvalue weighted by Crippen LogP contribution is -1.83. The first-order chi connectivity index (χ1) is 8.91. The van der Waals surface area contributed by atoms with Crippen LogP contribution in [0.4, 0.5) is 0 Å². The third-order valence-corrected chi connectivity index (χ3v) is 4.73. The molecule has 0 aliphatic carbocycles. The van der Waals surface area contributed by atoms with Gasteiger partial charge in [-0.2, -0.15) is 11.1 Å². The van der Waals surface area contributed by atoms with Crippen molar-refractivity contribution in [2.75, 3.05) is 0 Å². The summed E-state index contributed by atoms with van der Waals surface area (Å²) in [5.74, 6) is 0. The molecule has 2 radical (unpaired) electrons. The molecular formula is C16H33ClSi. The van der Waals surface area contributed by atoms with Crippen LogP contribution < -0.4 is 0 Å². The molecule has 0 aromatic heterocycles. The van der Waals surface area contributed by atoms with E-state index in [1.807, 2.05) is 0 Å². The van der Waals surface area contributed by atoms with E-state index in [4.69, 9.17) is 11.1 Å². The van der Waals surface area contributed by atoms with Crippen molar-refractivity contribution in [3.05, 3.63) is 0 Å². The predicted molar refractivity (Wildman–Crippen MR) is 86.7 cm³/mol. The van der Waals surface area contributed by atoms with Gasteiger partial charge in [0.1, 0.15) is 0 Å². The van der Waals surface area contributed by atoms with Gasteiger partial charge in [0.05, 0.1) is 0 Å². The molecule has 0 bridgehead atoms. The fourth-order valence-electron chi connectivity index (χ4n) is 2.39. The molecule has 0 aliphatic heterocycles. The minimum Gasteiger partial charge on any atom is -0.171 e. The lowest BCUT2D eigenvalue weighted by molar-refractivity contribution is 0.538. The van der Waals surface area contributed by atoms with E-state index in [1.165, 1.54) is 95.9 Å². The average molecular weight is 289 g/mol. The van der Waals surface area contributed by atoms with Crippen molar-refractivity contribution in [1.82, 2.24) is 0 Å². The van der Waals surface area contributed by atoms with Gasteiger partial charge in [-0.15, -0.1) is 0 Å². The van der Waals surface area contributed by atoms with E-state index in [0.717, 1.165) is 0 Å². The summed E-state index contributed by atoms with van der Waals surface area (Å²) in [6.45, 7) is 2.29. The first-order valence-electron chi connectivity index (χ1n) is 8.25. The maximum Gasteiger partial charge on any atom is 0.171 e. The summed E-state index contributed by atoms with van der Waals surface area (Å²) in [7, 11) is 0.641. The lowest BCUT2D eigenvalue weighted by atomic mass is 10.0. The van der Waals surface area contributed by atoms with E-state index in [0.29, 0.717) is 8.83 Å². The summed E-state index contributed by atoms with van der Waals surface area (Å²) in [5, 5.41) is 0. The Balaban J connectivity index is 2.86. The standard InChI is InChI=1S/C16H33ClSi/c1-2-3-4-5-6-7-8-9-10-11-12-13-14-15-16-18-17/h2-16H2,1H3. The van der Waals surface area contributed by atoms with Gasteiger partial charge in [-0.25, -0.2) is 0 Å². The van der Waals surface area contributed by atoms with Gasteiger partial charge in [0.2, 0.25) is 0 Å². The van der Waals surface area contributed by atoms with Gasteiger partial charge in [-0.05, 0) is 6.04 Å². The van der Waals surface area contributed by atoms with E-state index in [2.05, 4.69) is 6.92 Å². The molecule has 18 heavy (non-hydrogen) atoms. The first-order valence-corrected chi connectivity index (χ1v) is 10.5. The maximum atomic E-state index is 5.68. The minimum atomic E-state index is 0.641. The van der Waals surface area contributed by atoms with Gasteiger partial charge >= 0.3 is 0 Å². The zero-order valence-corrected chi connectivity index (χ0v) is 14.2. The van der Waals surface area contributed by atoms with Gasteiger partial charge < -0.3 is 0 Å². The van der Waals surface area contributed by atoms with Crippen LogP contribution in [0.15, 0.2) is 0 Å². The molecule has 0 saturated carbocycles. The average Bonchev–Trinajstić information content (AvgIpc) is 2.39. The minimum absolute atomic E-state index is 0.641.